The highest BCUT2D eigenvalue weighted by Gasteiger charge is 2.22. The Balaban J connectivity index is 2.19. The van der Waals surface area contributed by atoms with Crippen LogP contribution in [0.25, 0.3) is 0 Å². The van der Waals surface area contributed by atoms with Gasteiger partial charge in [0.2, 0.25) is 0 Å². The van der Waals surface area contributed by atoms with Crippen molar-refractivity contribution in [2.45, 2.75) is 25.3 Å². The Kier molecular flexibility index (Phi) is 2.58. The molecule has 1 aromatic rings. The van der Waals surface area contributed by atoms with Crippen molar-refractivity contribution in [2.24, 2.45) is 5.73 Å². The maximum atomic E-state index is 7.37. The van der Waals surface area contributed by atoms with Gasteiger partial charge >= 0.3 is 0 Å². The van der Waals surface area contributed by atoms with Crippen molar-refractivity contribution in [1.82, 2.24) is 4.98 Å². The number of pyridine rings is 1. The van der Waals surface area contributed by atoms with Crippen LogP contribution >= 0.6 is 0 Å². The number of hydrogen-bond acceptors (Lipinski definition) is 3. The number of anilines is 1. The van der Waals surface area contributed by atoms with Gasteiger partial charge in [0.05, 0.1) is 0 Å². The number of rotatable bonds is 3. The van der Waals surface area contributed by atoms with Crippen molar-refractivity contribution in [2.75, 3.05) is 11.9 Å². The molecule has 1 aliphatic rings. The minimum atomic E-state index is 0.0978. The van der Waals surface area contributed by atoms with Gasteiger partial charge in [-0.15, -0.1) is 0 Å². The van der Waals surface area contributed by atoms with E-state index in [-0.39, 0.29) is 5.84 Å². The Morgan fingerprint density at radius 1 is 1.60 bits per heavy atom. The zero-order valence-corrected chi connectivity index (χ0v) is 8.90. The molecule has 0 aliphatic heterocycles. The van der Waals surface area contributed by atoms with E-state index in [0.717, 1.165) is 11.4 Å². The molecular weight excluding hydrogens is 188 g/mol. The molecule has 2 rings (SSSR count). The Morgan fingerprint density at radius 2 is 2.33 bits per heavy atom. The van der Waals surface area contributed by atoms with Crippen molar-refractivity contribution in [3.05, 3.63) is 23.9 Å². The average Bonchev–Trinajstić information content (AvgIpc) is 2.15. The van der Waals surface area contributed by atoms with Crippen LogP contribution in [0, 0.1) is 5.41 Å². The topological polar surface area (TPSA) is 66.0 Å². The summed E-state index contributed by atoms with van der Waals surface area (Å²) in [5.41, 5.74) is 6.18. The van der Waals surface area contributed by atoms with Gasteiger partial charge < -0.3 is 10.6 Å². The second-order valence-electron chi connectivity index (χ2n) is 4.01. The molecule has 0 radical (unpaired) electrons. The fourth-order valence-corrected chi connectivity index (χ4v) is 1.74. The van der Waals surface area contributed by atoms with E-state index in [0.29, 0.717) is 6.04 Å². The molecule has 0 atom stereocenters. The van der Waals surface area contributed by atoms with Crippen LogP contribution in [0.2, 0.25) is 0 Å². The van der Waals surface area contributed by atoms with Gasteiger partial charge in [0.1, 0.15) is 11.7 Å². The molecule has 1 heterocycles. The lowest BCUT2D eigenvalue weighted by Gasteiger charge is -2.35. The van der Waals surface area contributed by atoms with E-state index in [1.807, 2.05) is 6.07 Å². The molecule has 0 bridgehead atoms. The molecule has 1 fully saturated rings. The molecule has 15 heavy (non-hydrogen) atoms. The normalized spacial score (nSPS) is 15.8. The first kappa shape index (κ1) is 9.96. The average molecular weight is 204 g/mol. The SMILES string of the molecule is CN(c1cc(C(=N)N)ccn1)C1CCC1. The molecular formula is C11H16N4. The lowest BCUT2D eigenvalue weighted by molar-refractivity contribution is 0.399. The summed E-state index contributed by atoms with van der Waals surface area (Å²) < 4.78 is 0. The summed E-state index contributed by atoms with van der Waals surface area (Å²) in [4.78, 5) is 6.47. The largest absolute Gasteiger partial charge is 0.384 e. The zero-order valence-electron chi connectivity index (χ0n) is 8.90. The number of nitrogens with two attached hydrogens (primary N) is 1. The summed E-state index contributed by atoms with van der Waals surface area (Å²) in [6.07, 6.45) is 5.49. The number of amidine groups is 1. The fourth-order valence-electron chi connectivity index (χ4n) is 1.74. The smallest absolute Gasteiger partial charge is 0.129 e. The molecule has 4 nitrogen and oxygen atoms in total. The molecule has 80 valence electrons. The summed E-state index contributed by atoms with van der Waals surface area (Å²) in [7, 11) is 2.05. The van der Waals surface area contributed by atoms with Crippen molar-refractivity contribution in [3.8, 4) is 0 Å². The van der Waals surface area contributed by atoms with Gasteiger partial charge in [-0.2, -0.15) is 0 Å². The quantitative estimate of drug-likeness (QED) is 0.577. The predicted molar refractivity (Wildman–Crippen MR) is 61.3 cm³/mol. The first-order valence-electron chi connectivity index (χ1n) is 5.22. The van der Waals surface area contributed by atoms with Crippen LogP contribution in [-0.4, -0.2) is 23.9 Å². The molecule has 3 N–H and O–H groups in total. The highest BCUT2D eigenvalue weighted by Crippen LogP contribution is 2.27. The Bertz CT molecular complexity index is 371. The van der Waals surface area contributed by atoms with Gasteiger partial charge in [-0.1, -0.05) is 0 Å². The van der Waals surface area contributed by atoms with Crippen molar-refractivity contribution < 1.29 is 0 Å². The lowest BCUT2D eigenvalue weighted by atomic mass is 9.92. The Hall–Kier alpha value is -1.58. The van der Waals surface area contributed by atoms with Crippen molar-refractivity contribution >= 4 is 11.7 Å². The van der Waals surface area contributed by atoms with Crippen LogP contribution in [0.1, 0.15) is 24.8 Å². The van der Waals surface area contributed by atoms with E-state index >= 15 is 0 Å². The van der Waals surface area contributed by atoms with Gasteiger partial charge in [0, 0.05) is 24.8 Å². The van der Waals surface area contributed by atoms with Crippen molar-refractivity contribution in [3.63, 3.8) is 0 Å². The van der Waals surface area contributed by atoms with Crippen LogP contribution in [0.4, 0.5) is 5.82 Å². The van der Waals surface area contributed by atoms with Gasteiger partial charge in [-0.3, -0.25) is 5.41 Å². The van der Waals surface area contributed by atoms with E-state index in [1.165, 1.54) is 19.3 Å². The minimum Gasteiger partial charge on any atom is -0.384 e. The summed E-state index contributed by atoms with van der Waals surface area (Å²) in [5.74, 6) is 1.01. The third-order valence-electron chi connectivity index (χ3n) is 3.04. The van der Waals surface area contributed by atoms with Crippen LogP contribution in [0.15, 0.2) is 18.3 Å². The zero-order chi connectivity index (χ0) is 10.8. The molecule has 4 heteroatoms. The summed E-state index contributed by atoms with van der Waals surface area (Å²) in [6, 6.07) is 4.25. The summed E-state index contributed by atoms with van der Waals surface area (Å²) in [5, 5.41) is 7.37. The molecule has 0 amide bonds. The second kappa shape index (κ2) is 3.88. The van der Waals surface area contributed by atoms with E-state index in [9.17, 15) is 0 Å². The van der Waals surface area contributed by atoms with Gasteiger partial charge in [-0.25, -0.2) is 4.98 Å². The van der Waals surface area contributed by atoms with Crippen molar-refractivity contribution in [1.29, 1.82) is 5.41 Å². The van der Waals surface area contributed by atoms with Gasteiger partial charge in [0.25, 0.3) is 0 Å². The van der Waals surface area contributed by atoms with Gasteiger partial charge in [0.15, 0.2) is 0 Å². The molecule has 0 spiro atoms. The van der Waals surface area contributed by atoms with Crippen LogP contribution < -0.4 is 10.6 Å². The first-order chi connectivity index (χ1) is 7.18. The second-order valence-corrected chi connectivity index (χ2v) is 4.01. The van der Waals surface area contributed by atoms with E-state index in [2.05, 4.69) is 16.9 Å². The van der Waals surface area contributed by atoms with E-state index in [1.54, 1.807) is 12.3 Å². The molecule has 0 aromatic carbocycles. The van der Waals surface area contributed by atoms with Crippen LogP contribution in [0.3, 0.4) is 0 Å². The number of aromatic nitrogens is 1. The summed E-state index contributed by atoms with van der Waals surface area (Å²) in [6.45, 7) is 0. The maximum absolute atomic E-state index is 7.37. The molecule has 0 unspecified atom stereocenters. The Morgan fingerprint density at radius 3 is 2.87 bits per heavy atom. The molecule has 1 saturated carbocycles. The molecule has 1 aliphatic carbocycles. The standard InChI is InChI=1S/C11H16N4/c1-15(9-3-2-4-9)10-7-8(11(12)13)5-6-14-10/h5-7,9H,2-4H2,1H3,(H3,12,13). The highest BCUT2D eigenvalue weighted by molar-refractivity contribution is 5.95. The van der Waals surface area contributed by atoms with E-state index in [4.69, 9.17) is 11.1 Å². The summed E-state index contributed by atoms with van der Waals surface area (Å²) >= 11 is 0. The fraction of sp³-hybridized carbons (Fsp3) is 0.455. The predicted octanol–water partition coefficient (Wildman–Crippen LogP) is 1.35. The molecule has 0 saturated heterocycles. The van der Waals surface area contributed by atoms with Crippen LogP contribution in [0.5, 0.6) is 0 Å². The lowest BCUT2D eigenvalue weighted by Crippen LogP contribution is -2.37. The minimum absolute atomic E-state index is 0.0978. The van der Waals surface area contributed by atoms with Crippen LogP contribution in [-0.2, 0) is 0 Å². The number of hydrogen-bond donors (Lipinski definition) is 2. The third kappa shape index (κ3) is 1.93. The highest BCUT2D eigenvalue weighted by atomic mass is 15.2. The molecule has 1 aromatic heterocycles. The monoisotopic (exact) mass is 204 g/mol. The van der Waals surface area contributed by atoms with Gasteiger partial charge in [-0.05, 0) is 31.4 Å². The number of nitrogens with one attached hydrogen (secondary N) is 1. The third-order valence-corrected chi connectivity index (χ3v) is 3.04. The number of nitrogen functional groups attached to an aromatic ring is 1. The number of nitrogens with zero attached hydrogens (tertiary/aromatic N) is 2. The maximum Gasteiger partial charge on any atom is 0.129 e. The Labute approximate surface area is 89.6 Å². The first-order valence-corrected chi connectivity index (χ1v) is 5.22. The van der Waals surface area contributed by atoms with E-state index < -0.39 is 0 Å².